The SMILES string of the molecule is COC(=O)CCn1c(-c2ccc(-n3cc(-c4ccc(O[C@H]5O[C@@H]6OC7(C)CC[C@H]8[C@H](C)CC[C@@H]([C@H]5C)[C@@]68OO7)cc4)nn3)cc2)nc2ccccc21. The number of fused-ring (bicyclic) bond motifs is 3. The van der Waals surface area contributed by atoms with Gasteiger partial charge in [-0.05, 0) is 98.7 Å². The number of imidazole rings is 1. The Bertz CT molecular complexity index is 2100. The van der Waals surface area contributed by atoms with Crippen LogP contribution in [0.15, 0.2) is 79.0 Å². The summed E-state index contributed by atoms with van der Waals surface area (Å²) in [6.07, 6.45) is 5.04. The van der Waals surface area contributed by atoms with Crippen molar-refractivity contribution in [1.29, 1.82) is 0 Å². The number of rotatable bonds is 8. The summed E-state index contributed by atoms with van der Waals surface area (Å²) in [5.41, 5.74) is 4.66. The van der Waals surface area contributed by atoms with Crippen molar-refractivity contribution < 1.29 is 33.5 Å². The first-order valence-electron chi connectivity index (χ1n) is 18.3. The highest BCUT2D eigenvalue weighted by molar-refractivity contribution is 5.81. The number of para-hydroxylation sites is 2. The number of carbonyl (C=O) groups is 1. The van der Waals surface area contributed by atoms with Gasteiger partial charge in [0.2, 0.25) is 12.1 Å². The number of carbonyl (C=O) groups excluding carboxylic acids is 1. The average Bonchev–Trinajstić information content (AvgIpc) is 3.73. The second kappa shape index (κ2) is 12.8. The minimum atomic E-state index is -0.824. The van der Waals surface area contributed by atoms with Crippen molar-refractivity contribution in [2.45, 2.75) is 83.4 Å². The zero-order valence-corrected chi connectivity index (χ0v) is 29.8. The quantitative estimate of drug-likeness (QED) is 0.122. The Labute approximate surface area is 301 Å². The van der Waals surface area contributed by atoms with E-state index in [-0.39, 0.29) is 24.2 Å². The van der Waals surface area contributed by atoms with Gasteiger partial charge >= 0.3 is 5.97 Å². The Morgan fingerprint density at radius 3 is 2.54 bits per heavy atom. The fraction of sp³-hybridized carbons (Fsp3) is 0.450. The lowest BCUT2D eigenvalue weighted by atomic mass is 9.58. The lowest BCUT2D eigenvalue weighted by Gasteiger charge is -2.60. The van der Waals surface area contributed by atoms with E-state index in [1.807, 2.05) is 85.9 Å². The molecule has 270 valence electrons. The molecule has 0 amide bonds. The van der Waals surface area contributed by atoms with Crippen LogP contribution in [0.3, 0.4) is 0 Å². The van der Waals surface area contributed by atoms with Gasteiger partial charge in [0.25, 0.3) is 0 Å². The Balaban J connectivity index is 0.901. The number of aromatic nitrogens is 5. The van der Waals surface area contributed by atoms with Crippen LogP contribution < -0.4 is 4.74 Å². The van der Waals surface area contributed by atoms with Crippen molar-refractivity contribution in [3.63, 3.8) is 0 Å². The third kappa shape index (κ3) is 5.51. The number of ether oxygens (including phenoxy) is 4. The van der Waals surface area contributed by atoms with Gasteiger partial charge in [-0.15, -0.1) is 5.10 Å². The van der Waals surface area contributed by atoms with E-state index < -0.39 is 24.0 Å². The molecule has 1 unspecified atom stereocenters. The molecule has 10 rings (SSSR count). The summed E-state index contributed by atoms with van der Waals surface area (Å²) >= 11 is 0. The molecule has 0 N–H and O–H groups in total. The number of esters is 1. The highest BCUT2D eigenvalue weighted by atomic mass is 17.3. The van der Waals surface area contributed by atoms with Crippen molar-refractivity contribution in [2.24, 2.45) is 23.7 Å². The fourth-order valence-electron chi connectivity index (χ4n) is 8.96. The van der Waals surface area contributed by atoms with E-state index in [9.17, 15) is 4.79 Å². The normalized spacial score (nSPS) is 30.8. The first-order valence-corrected chi connectivity index (χ1v) is 18.3. The molecule has 1 spiro atoms. The minimum Gasteiger partial charge on any atom is -0.469 e. The molecule has 6 heterocycles. The smallest absolute Gasteiger partial charge is 0.307 e. The van der Waals surface area contributed by atoms with E-state index in [1.54, 1.807) is 4.68 Å². The summed E-state index contributed by atoms with van der Waals surface area (Å²) in [5.74, 6) is 1.49. The number of nitrogens with zero attached hydrogens (tertiary/aromatic N) is 5. The lowest BCUT2D eigenvalue weighted by Crippen LogP contribution is -2.70. The molecule has 12 nitrogen and oxygen atoms in total. The molecule has 4 saturated heterocycles. The second-order valence-corrected chi connectivity index (χ2v) is 14.9. The Morgan fingerprint density at radius 1 is 0.942 bits per heavy atom. The summed E-state index contributed by atoms with van der Waals surface area (Å²) < 4.78 is 28.3. The number of benzene rings is 3. The zero-order valence-electron chi connectivity index (χ0n) is 29.8. The number of hydrogen-bond acceptors (Lipinski definition) is 10. The summed E-state index contributed by atoms with van der Waals surface area (Å²) in [6, 6.07) is 23.8. The van der Waals surface area contributed by atoms with Gasteiger partial charge in [-0.1, -0.05) is 31.2 Å². The topological polar surface area (TPSA) is 121 Å². The summed E-state index contributed by atoms with van der Waals surface area (Å²) in [4.78, 5) is 29.0. The third-order valence-corrected chi connectivity index (χ3v) is 11.8. The molecule has 1 saturated carbocycles. The predicted molar refractivity (Wildman–Crippen MR) is 190 cm³/mol. The molecule has 5 aliphatic rings. The lowest BCUT2D eigenvalue weighted by molar-refractivity contribution is -0.575. The van der Waals surface area contributed by atoms with Crippen molar-refractivity contribution in [3.8, 4) is 34.1 Å². The van der Waals surface area contributed by atoms with Crippen LogP contribution in [0.2, 0.25) is 0 Å². The molecule has 3 aromatic carbocycles. The molecular formula is C40H43N5O7. The van der Waals surface area contributed by atoms with Gasteiger partial charge in [0, 0.05) is 35.9 Å². The third-order valence-electron chi connectivity index (χ3n) is 11.8. The van der Waals surface area contributed by atoms with E-state index in [2.05, 4.69) is 28.7 Å². The highest BCUT2D eigenvalue weighted by Gasteiger charge is 2.69. The van der Waals surface area contributed by atoms with Gasteiger partial charge in [-0.25, -0.2) is 19.4 Å². The van der Waals surface area contributed by atoms with E-state index in [4.69, 9.17) is 33.7 Å². The minimum absolute atomic E-state index is 0.0749. The van der Waals surface area contributed by atoms with Crippen LogP contribution >= 0.6 is 0 Å². The van der Waals surface area contributed by atoms with E-state index in [1.165, 1.54) is 7.11 Å². The zero-order chi connectivity index (χ0) is 35.6. The van der Waals surface area contributed by atoms with Crippen molar-refractivity contribution in [2.75, 3.05) is 7.11 Å². The fourth-order valence-corrected chi connectivity index (χ4v) is 8.96. The van der Waals surface area contributed by atoms with Gasteiger partial charge < -0.3 is 23.5 Å². The maximum absolute atomic E-state index is 11.9. The largest absolute Gasteiger partial charge is 0.469 e. The molecule has 2 bridgehead atoms. The molecule has 5 fully saturated rings. The van der Waals surface area contributed by atoms with E-state index in [0.29, 0.717) is 24.1 Å². The van der Waals surface area contributed by atoms with Crippen molar-refractivity contribution in [3.05, 3.63) is 79.0 Å². The van der Waals surface area contributed by atoms with Gasteiger partial charge in [-0.3, -0.25) is 4.79 Å². The maximum atomic E-state index is 11.9. The molecule has 2 aromatic heterocycles. The highest BCUT2D eigenvalue weighted by Crippen LogP contribution is 2.60. The Hall–Kier alpha value is -4.62. The molecule has 0 radical (unpaired) electrons. The number of aryl methyl sites for hydroxylation is 1. The van der Waals surface area contributed by atoms with Gasteiger partial charge in [0.1, 0.15) is 17.3 Å². The number of methoxy groups -OCH3 is 1. The molecule has 12 heteroatoms. The van der Waals surface area contributed by atoms with E-state index in [0.717, 1.165) is 65.0 Å². The molecule has 8 atom stereocenters. The van der Waals surface area contributed by atoms with Crippen LogP contribution in [-0.2, 0) is 35.3 Å². The molecule has 1 aliphatic carbocycles. The van der Waals surface area contributed by atoms with Crippen molar-refractivity contribution in [1.82, 2.24) is 24.5 Å². The van der Waals surface area contributed by atoms with Gasteiger partial charge in [0.15, 0.2) is 11.9 Å². The number of hydrogen-bond donors (Lipinski definition) is 0. The first-order chi connectivity index (χ1) is 25.2. The molecular weight excluding hydrogens is 662 g/mol. The molecule has 52 heavy (non-hydrogen) atoms. The van der Waals surface area contributed by atoms with Crippen LogP contribution in [0.5, 0.6) is 5.75 Å². The molecule has 4 aliphatic heterocycles. The van der Waals surface area contributed by atoms with E-state index >= 15 is 0 Å². The first kappa shape index (κ1) is 33.2. The van der Waals surface area contributed by atoms with Gasteiger partial charge in [-0.2, -0.15) is 0 Å². The molecule has 5 aromatic rings. The van der Waals surface area contributed by atoms with Crippen LogP contribution in [0.25, 0.3) is 39.4 Å². The van der Waals surface area contributed by atoms with Gasteiger partial charge in [0.05, 0.1) is 36.4 Å². The summed E-state index contributed by atoms with van der Waals surface area (Å²) in [5, 5.41) is 8.87. The van der Waals surface area contributed by atoms with Crippen molar-refractivity contribution >= 4 is 17.0 Å². The monoisotopic (exact) mass is 705 g/mol. The standard InChI is InChI=1S/C40H43N5O7/c1-24-9-18-31-25(2)37(49-38-40(31)30(24)19-21-39(3,50-38)51-52-40)48-29-16-12-26(13-17-29)33-23-45(43-42-33)28-14-10-27(11-15-28)36-41-32-7-5-6-8-34(32)44(36)22-20-35(46)47-4/h5-8,10-17,23-25,30-31,37-38H,9,18-22H2,1-4H3/t24-,25-,30+,31+,37+,38-,39?,40-/m1/s1. The average molecular weight is 706 g/mol. The Morgan fingerprint density at radius 2 is 1.73 bits per heavy atom. The second-order valence-electron chi connectivity index (χ2n) is 14.9. The van der Waals surface area contributed by atoms with Crippen LogP contribution in [0.4, 0.5) is 0 Å². The summed E-state index contributed by atoms with van der Waals surface area (Å²) in [7, 11) is 1.40. The van der Waals surface area contributed by atoms with Crippen LogP contribution in [0, 0.1) is 23.7 Å². The predicted octanol–water partition coefficient (Wildman–Crippen LogP) is 7.10. The summed E-state index contributed by atoms with van der Waals surface area (Å²) in [6.45, 7) is 6.91. The maximum Gasteiger partial charge on any atom is 0.307 e. The van der Waals surface area contributed by atoms with Crippen LogP contribution in [0.1, 0.15) is 52.9 Å². The Kier molecular flexibility index (Phi) is 8.18. The van der Waals surface area contributed by atoms with Crippen LogP contribution in [-0.4, -0.2) is 61.6 Å².